The van der Waals surface area contributed by atoms with Gasteiger partial charge in [-0.05, 0) is 56.2 Å². The standard InChI is InChI=1S/C19H24N2O4S/c1-4-12-25-18-11-8-16(13-19(18)24-5-2)14-20-21-26(22,23)17-9-6-15(3)7-10-17/h6-11,13-14,21H,4-5,12H2,1-3H3/b20-14-. The molecule has 0 fully saturated rings. The molecule has 2 aromatic rings. The summed E-state index contributed by atoms with van der Waals surface area (Å²) in [5.41, 5.74) is 1.69. The molecule has 0 aliphatic heterocycles. The van der Waals surface area contributed by atoms with E-state index in [4.69, 9.17) is 9.47 Å². The minimum atomic E-state index is -3.69. The van der Waals surface area contributed by atoms with Gasteiger partial charge in [0.05, 0.1) is 24.3 Å². The first kappa shape index (κ1) is 19.8. The van der Waals surface area contributed by atoms with Crippen molar-refractivity contribution in [3.63, 3.8) is 0 Å². The zero-order valence-electron chi connectivity index (χ0n) is 15.2. The van der Waals surface area contributed by atoms with Gasteiger partial charge >= 0.3 is 0 Å². The molecular formula is C19H24N2O4S. The highest BCUT2D eigenvalue weighted by Crippen LogP contribution is 2.28. The van der Waals surface area contributed by atoms with E-state index in [1.54, 1.807) is 42.5 Å². The zero-order valence-corrected chi connectivity index (χ0v) is 16.0. The third-order valence-corrected chi connectivity index (χ3v) is 4.69. The Morgan fingerprint density at radius 1 is 1.04 bits per heavy atom. The van der Waals surface area contributed by atoms with E-state index in [1.165, 1.54) is 6.21 Å². The van der Waals surface area contributed by atoms with E-state index in [2.05, 4.69) is 9.93 Å². The normalized spacial score (nSPS) is 11.5. The fourth-order valence-electron chi connectivity index (χ4n) is 2.14. The molecule has 0 heterocycles. The van der Waals surface area contributed by atoms with Crippen molar-refractivity contribution in [1.82, 2.24) is 4.83 Å². The number of sulfonamides is 1. The van der Waals surface area contributed by atoms with Gasteiger partial charge in [0.25, 0.3) is 10.0 Å². The number of nitrogens with one attached hydrogen (secondary N) is 1. The minimum Gasteiger partial charge on any atom is -0.490 e. The molecule has 140 valence electrons. The Kier molecular flexibility index (Phi) is 7.03. The number of rotatable bonds is 9. The molecule has 0 amide bonds. The first-order valence-corrected chi connectivity index (χ1v) is 9.95. The lowest BCUT2D eigenvalue weighted by Crippen LogP contribution is -2.18. The van der Waals surface area contributed by atoms with Gasteiger partial charge in [0.1, 0.15) is 0 Å². The van der Waals surface area contributed by atoms with E-state index in [1.807, 2.05) is 20.8 Å². The molecule has 1 N–H and O–H groups in total. The van der Waals surface area contributed by atoms with Gasteiger partial charge in [-0.1, -0.05) is 24.6 Å². The van der Waals surface area contributed by atoms with Crippen LogP contribution in [0.1, 0.15) is 31.4 Å². The summed E-state index contributed by atoms with van der Waals surface area (Å²) in [5, 5.41) is 3.85. The van der Waals surface area contributed by atoms with E-state index in [-0.39, 0.29) is 4.90 Å². The molecule has 26 heavy (non-hydrogen) atoms. The Morgan fingerprint density at radius 2 is 1.77 bits per heavy atom. The maximum absolute atomic E-state index is 12.2. The summed E-state index contributed by atoms with van der Waals surface area (Å²) in [6.45, 7) is 6.92. The highest BCUT2D eigenvalue weighted by Gasteiger charge is 2.12. The van der Waals surface area contributed by atoms with Crippen molar-refractivity contribution in [3.8, 4) is 11.5 Å². The third kappa shape index (κ3) is 5.49. The van der Waals surface area contributed by atoms with Gasteiger partial charge in [-0.2, -0.15) is 13.5 Å². The summed E-state index contributed by atoms with van der Waals surface area (Å²) < 4.78 is 35.6. The van der Waals surface area contributed by atoms with Gasteiger partial charge in [-0.3, -0.25) is 0 Å². The molecule has 2 rings (SSSR count). The molecule has 0 aliphatic carbocycles. The topological polar surface area (TPSA) is 77.0 Å². The van der Waals surface area contributed by atoms with Crippen molar-refractivity contribution in [1.29, 1.82) is 0 Å². The van der Waals surface area contributed by atoms with Gasteiger partial charge in [0.2, 0.25) is 0 Å². The maximum atomic E-state index is 12.2. The molecule has 0 unspecified atom stereocenters. The van der Waals surface area contributed by atoms with Crippen LogP contribution in [0.15, 0.2) is 52.5 Å². The Balaban J connectivity index is 2.11. The number of hydrazone groups is 1. The number of benzene rings is 2. The van der Waals surface area contributed by atoms with Gasteiger partial charge in [0.15, 0.2) is 11.5 Å². The van der Waals surface area contributed by atoms with E-state index >= 15 is 0 Å². The van der Waals surface area contributed by atoms with Crippen LogP contribution in [0.2, 0.25) is 0 Å². The summed E-state index contributed by atoms with van der Waals surface area (Å²) in [6.07, 6.45) is 2.33. The summed E-state index contributed by atoms with van der Waals surface area (Å²) in [6, 6.07) is 11.9. The molecule has 2 aromatic carbocycles. The molecule has 0 spiro atoms. The van der Waals surface area contributed by atoms with E-state index in [9.17, 15) is 8.42 Å². The fourth-order valence-corrected chi connectivity index (χ4v) is 2.94. The minimum absolute atomic E-state index is 0.165. The highest BCUT2D eigenvalue weighted by molar-refractivity contribution is 7.89. The molecule has 0 radical (unpaired) electrons. The lowest BCUT2D eigenvalue weighted by atomic mass is 10.2. The molecule has 7 heteroatoms. The summed E-state index contributed by atoms with van der Waals surface area (Å²) in [7, 11) is -3.69. The second-order valence-corrected chi connectivity index (χ2v) is 7.31. The second kappa shape index (κ2) is 9.24. The van der Waals surface area contributed by atoms with Gasteiger partial charge in [0, 0.05) is 0 Å². The number of aryl methyl sites for hydroxylation is 1. The lowest BCUT2D eigenvalue weighted by Gasteiger charge is -2.11. The molecular weight excluding hydrogens is 352 g/mol. The smallest absolute Gasteiger partial charge is 0.276 e. The largest absolute Gasteiger partial charge is 0.490 e. The van der Waals surface area contributed by atoms with E-state index in [0.717, 1.165) is 12.0 Å². The summed E-state index contributed by atoms with van der Waals surface area (Å²) >= 11 is 0. The van der Waals surface area contributed by atoms with Crippen LogP contribution < -0.4 is 14.3 Å². The molecule has 0 bridgehead atoms. The van der Waals surface area contributed by atoms with Crippen LogP contribution in [0.3, 0.4) is 0 Å². The molecule has 0 aliphatic rings. The first-order valence-electron chi connectivity index (χ1n) is 8.47. The van der Waals surface area contributed by atoms with Gasteiger partial charge < -0.3 is 9.47 Å². The monoisotopic (exact) mass is 376 g/mol. The van der Waals surface area contributed by atoms with Crippen LogP contribution in [0.5, 0.6) is 11.5 Å². The van der Waals surface area contributed by atoms with E-state index in [0.29, 0.717) is 30.3 Å². The number of hydrogen-bond donors (Lipinski definition) is 1. The lowest BCUT2D eigenvalue weighted by molar-refractivity contribution is 0.277. The van der Waals surface area contributed by atoms with Crippen molar-refractivity contribution >= 4 is 16.2 Å². The first-order chi connectivity index (χ1) is 12.5. The fraction of sp³-hybridized carbons (Fsp3) is 0.316. The van der Waals surface area contributed by atoms with Crippen LogP contribution in [-0.4, -0.2) is 27.8 Å². The van der Waals surface area contributed by atoms with Gasteiger partial charge in [-0.25, -0.2) is 4.83 Å². The van der Waals surface area contributed by atoms with Gasteiger partial charge in [-0.15, -0.1) is 0 Å². The van der Waals surface area contributed by atoms with Crippen LogP contribution in [0.25, 0.3) is 0 Å². The quantitative estimate of drug-likeness (QED) is 0.537. The summed E-state index contributed by atoms with van der Waals surface area (Å²) in [4.78, 5) is 2.38. The number of nitrogens with zero attached hydrogens (tertiary/aromatic N) is 1. The van der Waals surface area contributed by atoms with Crippen LogP contribution in [0, 0.1) is 6.92 Å². The second-order valence-electron chi connectivity index (χ2n) is 5.65. The van der Waals surface area contributed by atoms with Crippen molar-refractivity contribution in [2.24, 2.45) is 5.10 Å². The Hall–Kier alpha value is -2.54. The SMILES string of the molecule is CCCOc1ccc(/C=N\NS(=O)(=O)c2ccc(C)cc2)cc1OCC. The Morgan fingerprint density at radius 3 is 2.42 bits per heavy atom. The Bertz CT molecular complexity index is 846. The number of hydrogen-bond acceptors (Lipinski definition) is 5. The molecule has 6 nitrogen and oxygen atoms in total. The van der Waals surface area contributed by atoms with Crippen molar-refractivity contribution in [2.75, 3.05) is 13.2 Å². The zero-order chi connectivity index (χ0) is 19.0. The third-order valence-electron chi connectivity index (χ3n) is 3.45. The van der Waals surface area contributed by atoms with Crippen molar-refractivity contribution in [2.45, 2.75) is 32.1 Å². The average molecular weight is 376 g/mol. The van der Waals surface area contributed by atoms with Crippen LogP contribution in [-0.2, 0) is 10.0 Å². The van der Waals surface area contributed by atoms with Crippen LogP contribution >= 0.6 is 0 Å². The van der Waals surface area contributed by atoms with Crippen molar-refractivity contribution < 1.29 is 17.9 Å². The predicted octanol–water partition coefficient (Wildman–Crippen LogP) is 3.49. The molecule has 0 saturated heterocycles. The predicted molar refractivity (Wildman–Crippen MR) is 102 cm³/mol. The Labute approximate surface area is 154 Å². The van der Waals surface area contributed by atoms with Crippen LogP contribution in [0.4, 0.5) is 0 Å². The summed E-state index contributed by atoms with van der Waals surface area (Å²) in [5.74, 6) is 1.26. The maximum Gasteiger partial charge on any atom is 0.276 e. The number of ether oxygens (including phenoxy) is 2. The average Bonchev–Trinajstić information content (AvgIpc) is 2.61. The molecule has 0 aromatic heterocycles. The highest BCUT2D eigenvalue weighted by atomic mass is 32.2. The molecule has 0 saturated carbocycles. The van der Waals surface area contributed by atoms with E-state index < -0.39 is 10.0 Å². The van der Waals surface area contributed by atoms with Crippen molar-refractivity contribution in [3.05, 3.63) is 53.6 Å². The molecule has 0 atom stereocenters.